The average Bonchev–Trinajstić information content (AvgIpc) is 3.80. The number of amides is 5. The average molecular weight is 1160 g/mol. The van der Waals surface area contributed by atoms with Crippen LogP contribution in [0.25, 0.3) is 0 Å². The number of ether oxygens (including phenoxy) is 7. The molecule has 5 amide bonds. The molecule has 20 nitrogen and oxygen atoms in total. The van der Waals surface area contributed by atoms with Gasteiger partial charge in [-0.2, -0.15) is 5.10 Å². The maximum Gasteiger partial charge on any atom is 0.441 e. The smallest absolute Gasteiger partial charge is 0.441 e. The van der Waals surface area contributed by atoms with Crippen LogP contribution >= 0.6 is 23.4 Å². The van der Waals surface area contributed by atoms with Crippen molar-refractivity contribution in [1.29, 1.82) is 0 Å². The van der Waals surface area contributed by atoms with E-state index in [-0.39, 0.29) is 58.9 Å². The molecule has 2 aliphatic heterocycles. The van der Waals surface area contributed by atoms with Gasteiger partial charge in [-0.15, -0.1) is 11.8 Å². The highest BCUT2D eigenvalue weighted by molar-refractivity contribution is 8.14. The predicted octanol–water partition coefficient (Wildman–Crippen LogP) is 8.96. The van der Waals surface area contributed by atoms with Gasteiger partial charge in [0.1, 0.15) is 52.7 Å². The number of hydrogen-bond donors (Lipinski definition) is 0. The topological polar surface area (TPSA) is 232 Å². The standard InChI is InChI=1S/C56H64BClN4O16S2/c1-53(2,3)75-50(67)60(27-28-79-56(49(66)78-57)33-61-46(64)41(48(61)80(56)70)30-37(63)29-34-15-13-12-14-16-34)47(65)44(59-62(51(68)76-54(4,5)6)52(69)77-55(7,8)9)40-25-26-42(73-31-35-17-21-38(71-10)22-18-35)45(43(40)58)74-32-36-19-23-39(72-11)24-20-36/h12-26,41,48H,27-33H2,1-11H3/b59-44-/t41-,48-,56?,80?/m1/s1. The van der Waals surface area contributed by atoms with Gasteiger partial charge in [0.15, 0.2) is 17.2 Å². The molecule has 0 bridgehead atoms. The van der Waals surface area contributed by atoms with Crippen molar-refractivity contribution in [2.24, 2.45) is 11.0 Å². The zero-order valence-corrected chi connectivity index (χ0v) is 48.7. The lowest BCUT2D eigenvalue weighted by Crippen LogP contribution is -2.59. The minimum atomic E-state index is -2.27. The molecule has 6 rings (SSSR count). The lowest BCUT2D eigenvalue weighted by Gasteiger charge is -2.40. The Hall–Kier alpha value is -7.11. The van der Waals surface area contributed by atoms with E-state index in [1.807, 2.05) is 0 Å². The molecule has 4 aromatic carbocycles. The highest BCUT2D eigenvalue weighted by Crippen LogP contribution is 2.49. The molecule has 426 valence electrons. The monoisotopic (exact) mass is 1160 g/mol. The van der Waals surface area contributed by atoms with Crippen LogP contribution in [0.15, 0.2) is 96.1 Å². The van der Waals surface area contributed by atoms with Gasteiger partial charge in [-0.25, -0.2) is 19.3 Å². The van der Waals surface area contributed by atoms with Crippen LogP contribution in [-0.4, -0.2) is 134 Å². The molecule has 0 spiro atoms. The Bertz CT molecular complexity index is 2970. The van der Waals surface area contributed by atoms with Crippen LogP contribution in [0, 0.1) is 5.92 Å². The number of halogens is 1. The Kier molecular flexibility index (Phi) is 20.2. The SMILES string of the molecule is [B]OC(=O)C1(SCCN(C(=O)OC(C)(C)C)C(=O)/C(=N\N(C(=O)OC(C)(C)C)C(=O)OC(C)(C)C)c2ccc(OCc3ccc(OC)cc3)c(OCc3ccc(OC)cc3)c2Cl)CN2C(=O)[C@@H](CC(=O)Cc3ccccc3)[C@H]2S1=O. The quantitative estimate of drug-likeness (QED) is 0.0264. The molecule has 2 heterocycles. The van der Waals surface area contributed by atoms with Crippen molar-refractivity contribution in [3.63, 3.8) is 0 Å². The molecule has 80 heavy (non-hydrogen) atoms. The van der Waals surface area contributed by atoms with Crippen molar-refractivity contribution in [2.75, 3.05) is 33.1 Å². The minimum absolute atomic E-state index is 0.0166. The minimum Gasteiger partial charge on any atom is -0.542 e. The molecular weight excluding hydrogens is 1100 g/mol. The van der Waals surface area contributed by atoms with Crippen LogP contribution in [-0.2, 0) is 68.5 Å². The van der Waals surface area contributed by atoms with E-state index in [9.17, 15) is 33.0 Å². The van der Waals surface area contributed by atoms with E-state index in [1.54, 1.807) is 78.9 Å². The summed E-state index contributed by atoms with van der Waals surface area (Å²) in [6.45, 7) is 12.5. The van der Waals surface area contributed by atoms with Crippen LogP contribution in [0.2, 0.25) is 5.02 Å². The summed E-state index contributed by atoms with van der Waals surface area (Å²) >= 11 is 8.00. The second-order valence-electron chi connectivity index (χ2n) is 21.4. The summed E-state index contributed by atoms with van der Waals surface area (Å²) in [6.07, 6.45) is -4.30. The Morgan fingerprint density at radius 3 is 1.77 bits per heavy atom. The number of Topliss-reactive ketones (excluding diaryl/α,β-unsaturated/α-hetero) is 1. The molecule has 0 N–H and O–H groups in total. The van der Waals surface area contributed by atoms with Gasteiger partial charge in [-0.1, -0.05) is 71.2 Å². The summed E-state index contributed by atoms with van der Waals surface area (Å²) in [5.74, 6) is -3.62. The highest BCUT2D eigenvalue weighted by atomic mass is 35.5. The predicted molar refractivity (Wildman–Crippen MR) is 299 cm³/mol. The fourth-order valence-corrected chi connectivity index (χ4v) is 12.2. The van der Waals surface area contributed by atoms with Gasteiger partial charge in [0, 0.05) is 30.7 Å². The molecule has 2 saturated heterocycles. The Balaban J connectivity index is 1.44. The molecule has 4 atom stereocenters. The van der Waals surface area contributed by atoms with Crippen molar-refractivity contribution in [3.8, 4) is 23.0 Å². The summed E-state index contributed by atoms with van der Waals surface area (Å²) in [4.78, 5) is 101. The normalized spacial score (nSPS) is 17.9. The Labute approximate surface area is 477 Å². The number of β-lactam (4-membered cyclic amide) rings is 1. The first kappa shape index (κ1) is 62.1. The van der Waals surface area contributed by atoms with Gasteiger partial charge in [-0.3, -0.25) is 23.4 Å². The zero-order valence-electron chi connectivity index (χ0n) is 46.4. The molecule has 0 aliphatic carbocycles. The molecule has 24 heteroatoms. The molecule has 2 fully saturated rings. The number of hydrogen-bond acceptors (Lipinski definition) is 18. The summed E-state index contributed by atoms with van der Waals surface area (Å²) in [5, 5.41) is 3.07. The lowest BCUT2D eigenvalue weighted by atomic mass is 9.90. The number of imide groups is 2. The van der Waals surface area contributed by atoms with E-state index in [0.717, 1.165) is 5.56 Å². The third-order valence-electron chi connectivity index (χ3n) is 11.7. The summed E-state index contributed by atoms with van der Waals surface area (Å²) in [5.41, 5.74) is -2.79. The second kappa shape index (κ2) is 26.0. The molecular formula is C56H64BClN4O16S2. The first-order valence-corrected chi connectivity index (χ1v) is 27.7. The lowest BCUT2D eigenvalue weighted by molar-refractivity contribution is -0.152. The fraction of sp³-hybridized carbons (Fsp3) is 0.429. The molecule has 0 aromatic heterocycles. The first-order valence-electron chi connectivity index (χ1n) is 25.1. The number of carbonyl (C=O) groups is 7. The number of fused-ring (bicyclic) bond motifs is 1. The molecule has 2 unspecified atom stereocenters. The van der Waals surface area contributed by atoms with Gasteiger partial charge in [-0.05, 0) is 115 Å². The Morgan fingerprint density at radius 1 is 0.738 bits per heavy atom. The van der Waals surface area contributed by atoms with Crippen molar-refractivity contribution < 1.29 is 75.6 Å². The van der Waals surface area contributed by atoms with E-state index < -0.39 is 104 Å². The third kappa shape index (κ3) is 15.6. The van der Waals surface area contributed by atoms with E-state index >= 15 is 4.79 Å². The van der Waals surface area contributed by atoms with E-state index in [2.05, 4.69) is 9.76 Å². The van der Waals surface area contributed by atoms with Crippen molar-refractivity contribution in [2.45, 2.75) is 115 Å². The highest BCUT2D eigenvalue weighted by Gasteiger charge is 2.67. The maximum absolute atomic E-state index is 15.6. The fourth-order valence-electron chi connectivity index (χ4n) is 8.07. The van der Waals surface area contributed by atoms with Crippen LogP contribution in [0.3, 0.4) is 0 Å². The van der Waals surface area contributed by atoms with Crippen molar-refractivity contribution in [3.05, 3.63) is 118 Å². The number of nitrogens with zero attached hydrogens (tertiary/aromatic N) is 4. The first-order chi connectivity index (χ1) is 37.6. The molecule has 2 aliphatic rings. The number of methoxy groups -OCH3 is 2. The largest absolute Gasteiger partial charge is 0.542 e. The molecule has 2 radical (unpaired) electrons. The van der Waals surface area contributed by atoms with Gasteiger partial charge < -0.3 is 42.7 Å². The second-order valence-corrected chi connectivity index (χ2v) is 25.2. The number of thioether (sulfide) groups is 1. The van der Waals surface area contributed by atoms with E-state index in [1.165, 1.54) is 93.6 Å². The third-order valence-corrected chi connectivity index (χ3v) is 16.1. The van der Waals surface area contributed by atoms with Crippen molar-refractivity contribution in [1.82, 2.24) is 14.8 Å². The summed E-state index contributed by atoms with van der Waals surface area (Å²) in [6, 6.07) is 25.5. The van der Waals surface area contributed by atoms with Crippen LogP contribution in [0.1, 0.15) is 91.0 Å². The zero-order chi connectivity index (χ0) is 58.9. The molecule has 4 aromatic rings. The Morgan fingerprint density at radius 2 is 1.26 bits per heavy atom. The van der Waals surface area contributed by atoms with Gasteiger partial charge >= 0.3 is 32.3 Å². The van der Waals surface area contributed by atoms with Crippen LogP contribution < -0.4 is 18.9 Å². The van der Waals surface area contributed by atoms with E-state index in [0.29, 0.717) is 39.3 Å². The van der Waals surface area contributed by atoms with Crippen LogP contribution in [0.5, 0.6) is 23.0 Å². The van der Waals surface area contributed by atoms with Crippen LogP contribution in [0.4, 0.5) is 14.4 Å². The van der Waals surface area contributed by atoms with Gasteiger partial charge in [0.25, 0.3) is 5.91 Å². The molecule has 0 saturated carbocycles. The number of benzene rings is 4. The summed E-state index contributed by atoms with van der Waals surface area (Å²) in [7, 11) is 6.24. The van der Waals surface area contributed by atoms with Gasteiger partial charge in [0.05, 0.1) is 42.5 Å². The van der Waals surface area contributed by atoms with Crippen molar-refractivity contribution >= 4 is 89.8 Å². The number of carbonyl (C=O) groups excluding carboxylic acids is 7. The number of ketones is 1. The van der Waals surface area contributed by atoms with Gasteiger partial charge in [0.2, 0.25) is 9.99 Å². The number of rotatable bonds is 20. The maximum atomic E-state index is 15.6. The van der Waals surface area contributed by atoms with E-state index in [4.69, 9.17) is 52.8 Å². The summed E-state index contributed by atoms with van der Waals surface area (Å²) < 4.78 is 57.4. The number of hydrazone groups is 1.